The van der Waals surface area contributed by atoms with E-state index in [4.69, 9.17) is 0 Å². The van der Waals surface area contributed by atoms with Crippen LogP contribution in [0, 0.1) is 0 Å². The lowest BCUT2D eigenvalue weighted by Crippen LogP contribution is -2.31. The zero-order valence-electron chi connectivity index (χ0n) is 10.8. The molecule has 92 valence electrons. The number of anilines is 1. The van der Waals surface area contributed by atoms with Gasteiger partial charge in [0.05, 0.1) is 11.2 Å². The first-order valence-corrected chi connectivity index (χ1v) is 6.96. The number of benzene rings is 2. The average molecular weight is 302 g/mol. The standard InChI is InChI=1S/C16H16BrN/c1-10-9-16(2,3)18-15-12-7-5-4-6-11(12)14(17)8-13(10)15/h4-9,18H,1-3H3. The van der Waals surface area contributed by atoms with Crippen molar-refractivity contribution in [3.8, 4) is 0 Å². The van der Waals surface area contributed by atoms with Crippen LogP contribution < -0.4 is 5.32 Å². The van der Waals surface area contributed by atoms with E-state index in [1.807, 2.05) is 0 Å². The SMILES string of the molecule is CC1=CC(C)(C)Nc2c1cc(Br)c1ccccc21. The monoisotopic (exact) mass is 301 g/mol. The van der Waals surface area contributed by atoms with Crippen LogP contribution in [0.3, 0.4) is 0 Å². The second-order valence-corrected chi connectivity index (χ2v) is 6.35. The van der Waals surface area contributed by atoms with Gasteiger partial charge in [0.15, 0.2) is 0 Å². The zero-order valence-corrected chi connectivity index (χ0v) is 12.4. The van der Waals surface area contributed by atoms with Gasteiger partial charge in [-0.1, -0.05) is 46.3 Å². The van der Waals surface area contributed by atoms with Gasteiger partial charge in [0, 0.05) is 15.4 Å². The van der Waals surface area contributed by atoms with Crippen molar-refractivity contribution in [1.82, 2.24) is 0 Å². The highest BCUT2D eigenvalue weighted by Crippen LogP contribution is 2.41. The number of rotatable bonds is 0. The molecule has 2 heteroatoms. The van der Waals surface area contributed by atoms with Crippen LogP contribution in [0.25, 0.3) is 16.3 Å². The molecule has 0 unspecified atom stereocenters. The minimum atomic E-state index is 0.00762. The predicted octanol–water partition coefficient (Wildman–Crippen LogP) is 5.21. The third-order valence-corrected chi connectivity index (χ3v) is 4.10. The predicted molar refractivity (Wildman–Crippen MR) is 83.0 cm³/mol. The van der Waals surface area contributed by atoms with Gasteiger partial charge in [-0.2, -0.15) is 0 Å². The summed E-state index contributed by atoms with van der Waals surface area (Å²) >= 11 is 3.68. The van der Waals surface area contributed by atoms with Gasteiger partial charge in [-0.05, 0) is 37.8 Å². The first kappa shape index (κ1) is 11.8. The fourth-order valence-electron chi connectivity index (χ4n) is 2.75. The van der Waals surface area contributed by atoms with E-state index in [0.29, 0.717) is 0 Å². The van der Waals surface area contributed by atoms with Crippen LogP contribution in [-0.4, -0.2) is 5.54 Å². The van der Waals surface area contributed by atoms with Gasteiger partial charge in [-0.3, -0.25) is 0 Å². The summed E-state index contributed by atoms with van der Waals surface area (Å²) in [5.41, 5.74) is 3.88. The Morgan fingerprint density at radius 1 is 1.11 bits per heavy atom. The van der Waals surface area contributed by atoms with E-state index in [2.05, 4.69) is 78.4 Å². The Morgan fingerprint density at radius 2 is 1.78 bits per heavy atom. The van der Waals surface area contributed by atoms with E-state index >= 15 is 0 Å². The van der Waals surface area contributed by atoms with E-state index in [1.54, 1.807) is 0 Å². The van der Waals surface area contributed by atoms with Gasteiger partial charge >= 0.3 is 0 Å². The second-order valence-electron chi connectivity index (χ2n) is 5.50. The molecule has 2 aromatic carbocycles. The molecule has 18 heavy (non-hydrogen) atoms. The molecular formula is C16H16BrN. The Bertz CT molecular complexity index is 668. The summed E-state index contributed by atoms with van der Waals surface area (Å²) in [5, 5.41) is 6.18. The Morgan fingerprint density at radius 3 is 2.50 bits per heavy atom. The molecule has 2 aromatic rings. The topological polar surface area (TPSA) is 12.0 Å². The quantitative estimate of drug-likeness (QED) is 0.704. The molecule has 0 spiro atoms. The number of allylic oxidation sites excluding steroid dienone is 1. The first-order chi connectivity index (χ1) is 8.48. The van der Waals surface area contributed by atoms with E-state index in [9.17, 15) is 0 Å². The lowest BCUT2D eigenvalue weighted by molar-refractivity contribution is 0.709. The maximum absolute atomic E-state index is 3.68. The molecule has 1 aliphatic heterocycles. The molecule has 0 saturated heterocycles. The van der Waals surface area contributed by atoms with Gasteiger partial charge in [0.2, 0.25) is 0 Å². The fraction of sp³-hybridized carbons (Fsp3) is 0.250. The van der Waals surface area contributed by atoms with E-state index in [0.717, 1.165) is 4.47 Å². The summed E-state index contributed by atoms with van der Waals surface area (Å²) in [6.45, 7) is 6.59. The van der Waals surface area contributed by atoms with Crippen molar-refractivity contribution in [1.29, 1.82) is 0 Å². The zero-order chi connectivity index (χ0) is 12.9. The molecule has 1 nitrogen and oxygen atoms in total. The van der Waals surface area contributed by atoms with Crippen molar-refractivity contribution in [3.63, 3.8) is 0 Å². The molecule has 0 aromatic heterocycles. The average Bonchev–Trinajstić information content (AvgIpc) is 2.31. The van der Waals surface area contributed by atoms with Crippen molar-refractivity contribution in [2.45, 2.75) is 26.3 Å². The molecule has 0 bridgehead atoms. The summed E-state index contributed by atoms with van der Waals surface area (Å²) in [4.78, 5) is 0. The fourth-order valence-corrected chi connectivity index (χ4v) is 3.33. The van der Waals surface area contributed by atoms with Crippen molar-refractivity contribution in [3.05, 3.63) is 46.4 Å². The smallest absolute Gasteiger partial charge is 0.0506 e. The maximum Gasteiger partial charge on any atom is 0.0506 e. The van der Waals surface area contributed by atoms with Crippen LogP contribution >= 0.6 is 15.9 Å². The molecule has 0 saturated carbocycles. The van der Waals surface area contributed by atoms with Gasteiger partial charge < -0.3 is 5.32 Å². The van der Waals surface area contributed by atoms with Crippen LogP contribution in [0.4, 0.5) is 5.69 Å². The molecule has 1 heterocycles. The van der Waals surface area contributed by atoms with Gasteiger partial charge in [0.1, 0.15) is 0 Å². The summed E-state index contributed by atoms with van der Waals surface area (Å²) in [5.74, 6) is 0. The lowest BCUT2D eigenvalue weighted by atomic mass is 9.89. The molecule has 0 fully saturated rings. The number of fused-ring (bicyclic) bond motifs is 3. The molecular weight excluding hydrogens is 286 g/mol. The van der Waals surface area contributed by atoms with E-state index < -0.39 is 0 Å². The highest BCUT2D eigenvalue weighted by Gasteiger charge is 2.24. The molecule has 0 aliphatic carbocycles. The summed E-state index contributed by atoms with van der Waals surface area (Å²) in [7, 11) is 0. The first-order valence-electron chi connectivity index (χ1n) is 6.17. The van der Waals surface area contributed by atoms with Gasteiger partial charge in [0.25, 0.3) is 0 Å². The molecule has 0 radical (unpaired) electrons. The van der Waals surface area contributed by atoms with Gasteiger partial charge in [-0.25, -0.2) is 0 Å². The number of hydrogen-bond donors (Lipinski definition) is 1. The highest BCUT2D eigenvalue weighted by atomic mass is 79.9. The van der Waals surface area contributed by atoms with Crippen molar-refractivity contribution < 1.29 is 0 Å². The minimum absolute atomic E-state index is 0.00762. The minimum Gasteiger partial charge on any atom is -0.376 e. The normalized spacial score (nSPS) is 17.0. The molecule has 1 aliphatic rings. The summed E-state index contributed by atoms with van der Waals surface area (Å²) < 4.78 is 1.16. The lowest BCUT2D eigenvalue weighted by Gasteiger charge is -2.32. The Balaban J connectivity index is 2.40. The molecule has 0 amide bonds. The highest BCUT2D eigenvalue weighted by molar-refractivity contribution is 9.10. The Kier molecular flexibility index (Phi) is 2.53. The van der Waals surface area contributed by atoms with Crippen molar-refractivity contribution in [2.24, 2.45) is 0 Å². The largest absolute Gasteiger partial charge is 0.376 e. The third kappa shape index (κ3) is 1.76. The number of nitrogens with one attached hydrogen (secondary N) is 1. The van der Waals surface area contributed by atoms with Crippen LogP contribution in [0.5, 0.6) is 0 Å². The molecule has 1 N–H and O–H groups in total. The molecule has 3 rings (SSSR count). The van der Waals surface area contributed by atoms with E-state index in [1.165, 1.54) is 27.6 Å². The summed E-state index contributed by atoms with van der Waals surface area (Å²) in [6, 6.07) is 10.7. The van der Waals surface area contributed by atoms with Crippen LogP contribution in [0.1, 0.15) is 26.3 Å². The summed E-state index contributed by atoms with van der Waals surface area (Å²) in [6.07, 6.45) is 2.29. The second kappa shape index (κ2) is 3.86. The van der Waals surface area contributed by atoms with Crippen LogP contribution in [0.15, 0.2) is 40.9 Å². The van der Waals surface area contributed by atoms with Crippen LogP contribution in [-0.2, 0) is 0 Å². The number of hydrogen-bond acceptors (Lipinski definition) is 1. The van der Waals surface area contributed by atoms with Crippen molar-refractivity contribution >= 4 is 38.0 Å². The maximum atomic E-state index is 3.68. The Hall–Kier alpha value is -1.28. The van der Waals surface area contributed by atoms with Crippen molar-refractivity contribution in [2.75, 3.05) is 5.32 Å². The molecule has 0 atom stereocenters. The van der Waals surface area contributed by atoms with Crippen LogP contribution in [0.2, 0.25) is 0 Å². The number of halogens is 1. The Labute approximate surface area is 116 Å². The van der Waals surface area contributed by atoms with Gasteiger partial charge in [-0.15, -0.1) is 0 Å². The van der Waals surface area contributed by atoms with E-state index in [-0.39, 0.29) is 5.54 Å². The third-order valence-electron chi connectivity index (χ3n) is 3.44.